The third-order valence-electron chi connectivity index (χ3n) is 5.22. The molecule has 0 spiro atoms. The second kappa shape index (κ2) is 9.48. The average molecular weight is 442 g/mol. The number of anilines is 2. The highest BCUT2D eigenvalue weighted by Crippen LogP contribution is 2.32. The van der Waals surface area contributed by atoms with Crippen molar-refractivity contribution < 1.29 is 23.8 Å². The van der Waals surface area contributed by atoms with Gasteiger partial charge in [-0.1, -0.05) is 0 Å². The van der Waals surface area contributed by atoms with Crippen molar-refractivity contribution in [1.82, 2.24) is 5.32 Å². The van der Waals surface area contributed by atoms with Gasteiger partial charge in [-0.2, -0.15) is 0 Å². The van der Waals surface area contributed by atoms with E-state index in [9.17, 15) is 9.59 Å². The van der Waals surface area contributed by atoms with Gasteiger partial charge in [0.25, 0.3) is 5.91 Å². The van der Waals surface area contributed by atoms with E-state index in [1.807, 2.05) is 45.0 Å². The highest BCUT2D eigenvalue weighted by atomic mass is 16.5. The van der Waals surface area contributed by atoms with E-state index in [0.717, 1.165) is 5.69 Å². The zero-order valence-electron chi connectivity index (χ0n) is 19.3. The molecule has 2 aromatic carbocycles. The van der Waals surface area contributed by atoms with Gasteiger partial charge in [0, 0.05) is 24.0 Å². The molecule has 0 unspecified atom stereocenters. The van der Waals surface area contributed by atoms with E-state index in [1.165, 1.54) is 12.0 Å². The largest absolute Gasteiger partial charge is 0.497 e. The van der Waals surface area contributed by atoms with Gasteiger partial charge in [0.2, 0.25) is 5.91 Å². The highest BCUT2D eigenvalue weighted by Gasteiger charge is 2.53. The molecule has 1 fully saturated rings. The van der Waals surface area contributed by atoms with Crippen molar-refractivity contribution >= 4 is 23.2 Å². The highest BCUT2D eigenvalue weighted by molar-refractivity contribution is 6.08. The van der Waals surface area contributed by atoms with Crippen LogP contribution in [-0.4, -0.2) is 56.9 Å². The minimum absolute atomic E-state index is 0.271. The maximum Gasteiger partial charge on any atom is 0.259 e. The second-order valence-electron chi connectivity index (χ2n) is 8.65. The first-order valence-electron chi connectivity index (χ1n) is 10.4. The number of benzene rings is 2. The molecule has 1 aliphatic heterocycles. The lowest BCUT2D eigenvalue weighted by atomic mass is 10.0. The van der Waals surface area contributed by atoms with Gasteiger partial charge < -0.3 is 24.8 Å². The molecular formula is C24H31N3O5. The summed E-state index contributed by atoms with van der Waals surface area (Å²) in [4.78, 5) is 28.3. The average Bonchev–Trinajstić information content (AvgIpc) is 3.04. The maximum atomic E-state index is 13.4. The first-order valence-corrected chi connectivity index (χ1v) is 10.4. The lowest BCUT2D eigenvalue weighted by Crippen LogP contribution is -2.55. The van der Waals surface area contributed by atoms with Crippen molar-refractivity contribution in [3.63, 3.8) is 0 Å². The van der Waals surface area contributed by atoms with Crippen LogP contribution in [0.2, 0.25) is 0 Å². The molecule has 3 atom stereocenters. The standard InChI is InChI=1S/C24H31N3O5/c1-24(2,3)26-22(28)20-19(25-15-7-11-17(30-4)12-8-15)21(32-6)23(29)27(20)16-9-13-18(31-5)14-10-16/h7-14,19-21,25H,1-6H3,(H,26,28)/t19-,20-,21+/m0/s1. The minimum atomic E-state index is -0.852. The molecule has 0 saturated carbocycles. The summed E-state index contributed by atoms with van der Waals surface area (Å²) < 4.78 is 16.0. The fourth-order valence-electron chi connectivity index (χ4n) is 3.79. The number of nitrogens with zero attached hydrogens (tertiary/aromatic N) is 1. The van der Waals surface area contributed by atoms with Crippen LogP contribution in [-0.2, 0) is 14.3 Å². The Morgan fingerprint density at radius 2 is 1.44 bits per heavy atom. The van der Waals surface area contributed by atoms with Crippen molar-refractivity contribution in [2.24, 2.45) is 0 Å². The van der Waals surface area contributed by atoms with Crippen molar-refractivity contribution in [3.8, 4) is 11.5 Å². The Morgan fingerprint density at radius 3 is 1.91 bits per heavy atom. The summed E-state index contributed by atoms with van der Waals surface area (Å²) in [6, 6.07) is 12.9. The van der Waals surface area contributed by atoms with Gasteiger partial charge in [0.1, 0.15) is 17.5 Å². The Morgan fingerprint density at radius 1 is 0.906 bits per heavy atom. The van der Waals surface area contributed by atoms with Gasteiger partial charge >= 0.3 is 0 Å². The minimum Gasteiger partial charge on any atom is -0.497 e. The summed E-state index contributed by atoms with van der Waals surface area (Å²) in [5.74, 6) is 0.806. The molecule has 172 valence electrons. The number of carbonyl (C=O) groups excluding carboxylic acids is 2. The van der Waals surface area contributed by atoms with Crippen molar-refractivity contribution in [2.75, 3.05) is 31.5 Å². The SMILES string of the molecule is COc1ccc(N[C@H]2[C@@H](C(=O)NC(C)(C)C)N(c3ccc(OC)cc3)C(=O)[C@@H]2OC)cc1. The van der Waals surface area contributed by atoms with Gasteiger partial charge in [0.05, 0.1) is 20.3 Å². The molecule has 0 aromatic heterocycles. The topological polar surface area (TPSA) is 89.1 Å². The zero-order chi connectivity index (χ0) is 23.5. The number of nitrogens with one attached hydrogen (secondary N) is 2. The molecule has 1 aliphatic rings. The van der Waals surface area contributed by atoms with Gasteiger partial charge in [-0.15, -0.1) is 0 Å². The number of methoxy groups -OCH3 is 3. The number of hydrogen-bond donors (Lipinski definition) is 2. The predicted molar refractivity (Wildman–Crippen MR) is 123 cm³/mol. The van der Waals surface area contributed by atoms with Crippen LogP contribution < -0.4 is 25.0 Å². The molecular weight excluding hydrogens is 410 g/mol. The summed E-state index contributed by atoms with van der Waals surface area (Å²) in [7, 11) is 4.64. The molecule has 2 N–H and O–H groups in total. The van der Waals surface area contributed by atoms with Crippen LogP contribution in [0, 0.1) is 0 Å². The van der Waals surface area contributed by atoms with Crippen LogP contribution in [0.15, 0.2) is 48.5 Å². The third-order valence-corrected chi connectivity index (χ3v) is 5.22. The van der Waals surface area contributed by atoms with E-state index in [4.69, 9.17) is 14.2 Å². The molecule has 0 aliphatic carbocycles. The van der Waals surface area contributed by atoms with Gasteiger partial charge in [0.15, 0.2) is 6.10 Å². The lowest BCUT2D eigenvalue weighted by molar-refractivity contribution is -0.126. The van der Waals surface area contributed by atoms with Gasteiger partial charge in [-0.3, -0.25) is 14.5 Å². The Labute approximate surface area is 188 Å². The van der Waals surface area contributed by atoms with E-state index in [-0.39, 0.29) is 11.8 Å². The van der Waals surface area contributed by atoms with Gasteiger partial charge in [-0.25, -0.2) is 0 Å². The maximum absolute atomic E-state index is 13.4. The number of ether oxygens (including phenoxy) is 3. The van der Waals surface area contributed by atoms with Crippen LogP contribution in [0.25, 0.3) is 0 Å². The monoisotopic (exact) mass is 441 g/mol. The fraction of sp³-hybridized carbons (Fsp3) is 0.417. The van der Waals surface area contributed by atoms with Gasteiger partial charge in [-0.05, 0) is 69.3 Å². The van der Waals surface area contributed by atoms with Crippen LogP contribution >= 0.6 is 0 Å². The first kappa shape index (κ1) is 23.4. The summed E-state index contributed by atoms with van der Waals surface area (Å²) in [5, 5.41) is 6.34. The van der Waals surface area contributed by atoms with Crippen LogP contribution in [0.5, 0.6) is 11.5 Å². The summed E-state index contributed by atoms with van der Waals surface area (Å²) in [6.07, 6.45) is -0.852. The van der Waals surface area contributed by atoms with E-state index in [1.54, 1.807) is 38.5 Å². The summed E-state index contributed by atoms with van der Waals surface area (Å²) in [5.41, 5.74) is 0.864. The van der Waals surface area contributed by atoms with E-state index < -0.39 is 23.7 Å². The number of hydrogen-bond acceptors (Lipinski definition) is 6. The first-order chi connectivity index (χ1) is 15.2. The van der Waals surface area contributed by atoms with Crippen LogP contribution in [0.3, 0.4) is 0 Å². The normalized spacial score (nSPS) is 20.8. The smallest absolute Gasteiger partial charge is 0.259 e. The third kappa shape index (κ3) is 4.96. The molecule has 0 radical (unpaired) electrons. The quantitative estimate of drug-likeness (QED) is 0.687. The molecule has 8 heteroatoms. The molecule has 1 heterocycles. The Bertz CT molecular complexity index is 938. The predicted octanol–water partition coefficient (Wildman–Crippen LogP) is 2.83. The molecule has 2 amide bonds. The molecule has 32 heavy (non-hydrogen) atoms. The molecule has 0 bridgehead atoms. The van der Waals surface area contributed by atoms with E-state index in [2.05, 4.69) is 10.6 Å². The number of amides is 2. The van der Waals surface area contributed by atoms with Crippen molar-refractivity contribution in [2.45, 2.75) is 44.5 Å². The lowest BCUT2D eigenvalue weighted by Gasteiger charge is -2.31. The molecule has 3 rings (SSSR count). The molecule has 1 saturated heterocycles. The van der Waals surface area contributed by atoms with E-state index in [0.29, 0.717) is 17.2 Å². The Hall–Kier alpha value is -3.26. The molecule has 2 aromatic rings. The fourth-order valence-corrected chi connectivity index (χ4v) is 3.79. The van der Waals surface area contributed by atoms with Crippen molar-refractivity contribution in [3.05, 3.63) is 48.5 Å². The number of rotatable bonds is 7. The van der Waals surface area contributed by atoms with E-state index >= 15 is 0 Å². The Kier molecular flexibility index (Phi) is 6.93. The summed E-state index contributed by atoms with van der Waals surface area (Å²) >= 11 is 0. The zero-order valence-corrected chi connectivity index (χ0v) is 19.3. The van der Waals surface area contributed by atoms with Crippen LogP contribution in [0.4, 0.5) is 11.4 Å². The Balaban J connectivity index is 2.02. The molecule has 8 nitrogen and oxygen atoms in total. The van der Waals surface area contributed by atoms with Crippen molar-refractivity contribution in [1.29, 1.82) is 0 Å². The summed E-state index contributed by atoms with van der Waals surface area (Å²) in [6.45, 7) is 5.71. The number of carbonyl (C=O) groups is 2. The van der Waals surface area contributed by atoms with Crippen LogP contribution in [0.1, 0.15) is 20.8 Å². The second-order valence-corrected chi connectivity index (χ2v) is 8.65.